The summed E-state index contributed by atoms with van der Waals surface area (Å²) in [7, 11) is 0. The molecule has 0 saturated heterocycles. The smallest absolute Gasteiger partial charge is 0.305 e. The highest BCUT2D eigenvalue weighted by atomic mass is 16.6. The number of hydrogen-bond acceptors (Lipinski definition) is 6. The maximum Gasteiger partial charge on any atom is 0.305 e. The minimum absolute atomic E-state index is 0.0261. The van der Waals surface area contributed by atoms with Gasteiger partial charge in [0.25, 0.3) is 0 Å². The van der Waals surface area contributed by atoms with Gasteiger partial charge in [0.05, 0.1) is 4.92 Å². The van der Waals surface area contributed by atoms with Gasteiger partial charge in [-0.2, -0.15) is 0 Å². The summed E-state index contributed by atoms with van der Waals surface area (Å²) in [6.07, 6.45) is 3.10. The number of aromatic nitrogens is 2. The lowest BCUT2D eigenvalue weighted by Crippen LogP contribution is -2.25. The summed E-state index contributed by atoms with van der Waals surface area (Å²) in [5.41, 5.74) is 2.61. The van der Waals surface area contributed by atoms with E-state index in [-0.39, 0.29) is 17.5 Å². The summed E-state index contributed by atoms with van der Waals surface area (Å²) in [4.78, 5) is 31.1. The first-order valence-electron chi connectivity index (χ1n) is 6.69. The van der Waals surface area contributed by atoms with Gasteiger partial charge in [-0.25, -0.2) is 9.97 Å². The molecule has 0 aliphatic carbocycles. The van der Waals surface area contributed by atoms with E-state index in [1.165, 1.54) is 0 Å². The molecule has 1 aromatic carbocycles. The zero-order valence-corrected chi connectivity index (χ0v) is 11.8. The first-order valence-corrected chi connectivity index (χ1v) is 6.69. The van der Waals surface area contributed by atoms with Crippen molar-refractivity contribution in [1.82, 2.24) is 9.97 Å². The highest BCUT2D eigenvalue weighted by Crippen LogP contribution is 2.31. The Balaban J connectivity index is 1.79. The van der Waals surface area contributed by atoms with Gasteiger partial charge in [-0.1, -0.05) is 0 Å². The summed E-state index contributed by atoms with van der Waals surface area (Å²) in [6.45, 7) is 2.23. The van der Waals surface area contributed by atoms with E-state index >= 15 is 0 Å². The first kappa shape index (κ1) is 13.9. The van der Waals surface area contributed by atoms with E-state index < -0.39 is 4.92 Å². The van der Waals surface area contributed by atoms with Crippen molar-refractivity contribution in [2.75, 3.05) is 16.8 Å². The van der Waals surface area contributed by atoms with Gasteiger partial charge < -0.3 is 10.2 Å². The summed E-state index contributed by atoms with van der Waals surface area (Å²) < 4.78 is 0. The zero-order chi connectivity index (χ0) is 15.7. The lowest BCUT2D eigenvalue weighted by Gasteiger charge is -2.15. The number of benzene rings is 1. The van der Waals surface area contributed by atoms with Crippen LogP contribution in [0.5, 0.6) is 0 Å². The fourth-order valence-corrected chi connectivity index (χ4v) is 2.42. The van der Waals surface area contributed by atoms with E-state index in [0.29, 0.717) is 6.54 Å². The average molecular weight is 299 g/mol. The second-order valence-corrected chi connectivity index (χ2v) is 4.91. The molecule has 0 fully saturated rings. The van der Waals surface area contributed by atoms with Gasteiger partial charge in [-0.3, -0.25) is 14.9 Å². The number of nitrogens with zero attached hydrogens (tertiary/aromatic N) is 4. The van der Waals surface area contributed by atoms with E-state index in [2.05, 4.69) is 15.3 Å². The molecule has 0 bridgehead atoms. The Labute approximate surface area is 126 Å². The van der Waals surface area contributed by atoms with Gasteiger partial charge in [-0.05, 0) is 30.2 Å². The number of amides is 1. The predicted octanol–water partition coefficient (Wildman–Crippen LogP) is 2.04. The number of fused-ring (bicyclic) bond motifs is 1. The van der Waals surface area contributed by atoms with Crippen molar-refractivity contribution in [2.24, 2.45) is 0 Å². The van der Waals surface area contributed by atoms with Crippen LogP contribution in [-0.4, -0.2) is 27.3 Å². The molecule has 1 amide bonds. The first-order chi connectivity index (χ1) is 10.5. The van der Waals surface area contributed by atoms with Crippen LogP contribution >= 0.6 is 0 Å². The van der Waals surface area contributed by atoms with Gasteiger partial charge in [0, 0.05) is 24.8 Å². The Kier molecular flexibility index (Phi) is 3.42. The Bertz CT molecular complexity index is 745. The SMILES string of the molecule is CC(=O)N1CCc2cc(Nc3ncc([N+](=O)[O-])cn3)ccc21. The number of carbonyl (C=O) groups excluding carboxylic acids is 1. The van der Waals surface area contributed by atoms with Crippen molar-refractivity contribution in [3.05, 3.63) is 46.3 Å². The Morgan fingerprint density at radius 1 is 1.36 bits per heavy atom. The molecule has 0 spiro atoms. The topological polar surface area (TPSA) is 101 Å². The van der Waals surface area contributed by atoms with Gasteiger partial charge in [0.15, 0.2) is 0 Å². The van der Waals surface area contributed by atoms with Gasteiger partial charge >= 0.3 is 5.69 Å². The predicted molar refractivity (Wildman–Crippen MR) is 80.1 cm³/mol. The minimum Gasteiger partial charge on any atom is -0.324 e. The molecule has 1 aliphatic heterocycles. The molecule has 112 valence electrons. The van der Waals surface area contributed by atoms with Crippen molar-refractivity contribution in [2.45, 2.75) is 13.3 Å². The lowest BCUT2D eigenvalue weighted by molar-refractivity contribution is -0.385. The highest BCUT2D eigenvalue weighted by Gasteiger charge is 2.22. The van der Waals surface area contributed by atoms with Crippen LogP contribution in [0.25, 0.3) is 0 Å². The number of carbonyl (C=O) groups is 1. The van der Waals surface area contributed by atoms with Gasteiger partial charge in [-0.15, -0.1) is 0 Å². The van der Waals surface area contributed by atoms with Crippen LogP contribution in [-0.2, 0) is 11.2 Å². The molecule has 3 rings (SSSR count). The molecule has 0 atom stereocenters. The largest absolute Gasteiger partial charge is 0.324 e. The van der Waals surface area contributed by atoms with Crippen molar-refractivity contribution >= 4 is 28.9 Å². The van der Waals surface area contributed by atoms with Crippen LogP contribution in [0.4, 0.5) is 23.0 Å². The zero-order valence-electron chi connectivity index (χ0n) is 11.8. The molecule has 1 aliphatic rings. The van der Waals surface area contributed by atoms with Crippen LogP contribution in [0.15, 0.2) is 30.6 Å². The quantitative estimate of drug-likeness (QED) is 0.687. The molecule has 8 nitrogen and oxygen atoms in total. The van der Waals surface area contributed by atoms with E-state index in [4.69, 9.17) is 0 Å². The van der Waals surface area contributed by atoms with Gasteiger partial charge in [0.1, 0.15) is 12.4 Å². The maximum atomic E-state index is 11.5. The number of hydrogen-bond donors (Lipinski definition) is 1. The van der Waals surface area contributed by atoms with Crippen LogP contribution in [0, 0.1) is 10.1 Å². The molecule has 0 radical (unpaired) electrons. The van der Waals surface area contributed by atoms with Crippen molar-refractivity contribution < 1.29 is 9.72 Å². The normalized spacial score (nSPS) is 12.9. The van der Waals surface area contributed by atoms with E-state index in [1.807, 2.05) is 18.2 Å². The van der Waals surface area contributed by atoms with Crippen molar-refractivity contribution in [3.63, 3.8) is 0 Å². The van der Waals surface area contributed by atoms with Crippen molar-refractivity contribution in [1.29, 1.82) is 0 Å². The van der Waals surface area contributed by atoms with Crippen LogP contribution in [0.1, 0.15) is 12.5 Å². The molecule has 0 saturated carbocycles. The molecule has 1 aromatic heterocycles. The molecule has 22 heavy (non-hydrogen) atoms. The molecule has 8 heteroatoms. The summed E-state index contributed by atoms with van der Waals surface area (Å²) >= 11 is 0. The van der Waals surface area contributed by atoms with Crippen LogP contribution < -0.4 is 10.2 Å². The average Bonchev–Trinajstić information content (AvgIpc) is 2.91. The summed E-state index contributed by atoms with van der Waals surface area (Å²) in [5.74, 6) is 0.310. The molecule has 2 aromatic rings. The maximum absolute atomic E-state index is 11.5. The second-order valence-electron chi connectivity index (χ2n) is 4.91. The number of nitrogens with one attached hydrogen (secondary N) is 1. The Morgan fingerprint density at radius 2 is 2.09 bits per heavy atom. The third-order valence-electron chi connectivity index (χ3n) is 3.46. The fraction of sp³-hybridized carbons (Fsp3) is 0.214. The van der Waals surface area contributed by atoms with Crippen molar-refractivity contribution in [3.8, 4) is 0 Å². The fourth-order valence-electron chi connectivity index (χ4n) is 2.42. The standard InChI is InChI=1S/C14H13N5O3/c1-9(20)18-5-4-10-6-11(2-3-13(10)18)17-14-15-7-12(8-16-14)19(21)22/h2-3,6-8H,4-5H2,1H3,(H,15,16,17). The minimum atomic E-state index is -0.546. The number of rotatable bonds is 3. The highest BCUT2D eigenvalue weighted by molar-refractivity contribution is 5.94. The van der Waals surface area contributed by atoms with Crippen LogP contribution in [0.2, 0.25) is 0 Å². The second kappa shape index (κ2) is 5.40. The molecular weight excluding hydrogens is 286 g/mol. The van der Waals surface area contributed by atoms with Gasteiger partial charge in [0.2, 0.25) is 11.9 Å². The van der Waals surface area contributed by atoms with Crippen LogP contribution in [0.3, 0.4) is 0 Å². The lowest BCUT2D eigenvalue weighted by atomic mass is 10.1. The molecule has 1 N–H and O–H groups in total. The summed E-state index contributed by atoms with van der Waals surface area (Å²) in [5, 5.41) is 13.6. The Hall–Kier alpha value is -3.03. The third-order valence-corrected chi connectivity index (χ3v) is 3.46. The van der Waals surface area contributed by atoms with E-state index in [1.54, 1.807) is 11.8 Å². The summed E-state index contributed by atoms with van der Waals surface area (Å²) in [6, 6.07) is 5.63. The van der Waals surface area contributed by atoms with E-state index in [0.717, 1.165) is 35.8 Å². The Morgan fingerprint density at radius 3 is 2.73 bits per heavy atom. The molecular formula is C14H13N5O3. The third kappa shape index (κ3) is 2.58. The molecule has 2 heterocycles. The molecule has 0 unspecified atom stereocenters. The number of anilines is 3. The number of nitro groups is 1. The monoisotopic (exact) mass is 299 g/mol. The van der Waals surface area contributed by atoms with E-state index in [9.17, 15) is 14.9 Å².